The van der Waals surface area contributed by atoms with Gasteiger partial charge >= 0.3 is 0 Å². The monoisotopic (exact) mass is 286 g/mol. The van der Waals surface area contributed by atoms with Crippen LogP contribution in [0.1, 0.15) is 19.8 Å². The van der Waals surface area contributed by atoms with Crippen molar-refractivity contribution in [2.45, 2.75) is 19.8 Å². The summed E-state index contributed by atoms with van der Waals surface area (Å²) >= 11 is 0. The van der Waals surface area contributed by atoms with Gasteiger partial charge in [0.05, 0.1) is 16.8 Å². The fraction of sp³-hybridized carbons (Fsp3) is 0.429. The molecule has 1 unspecified atom stereocenters. The Morgan fingerprint density at radius 2 is 2.33 bits per heavy atom. The molecule has 3 rings (SSSR count). The molecule has 1 saturated heterocycles. The van der Waals surface area contributed by atoms with Gasteiger partial charge < -0.3 is 10.6 Å². The number of amides is 1. The first-order chi connectivity index (χ1) is 10.2. The predicted octanol–water partition coefficient (Wildman–Crippen LogP) is 0.990. The lowest BCUT2D eigenvalue weighted by molar-refractivity contribution is -0.124. The van der Waals surface area contributed by atoms with Crippen LogP contribution in [-0.2, 0) is 4.79 Å². The van der Waals surface area contributed by atoms with E-state index in [0.29, 0.717) is 0 Å². The molecule has 2 heterocycles. The Labute approximate surface area is 122 Å². The maximum atomic E-state index is 12.7. The average Bonchev–Trinajstić information content (AvgIpc) is 3.20. The van der Waals surface area contributed by atoms with E-state index in [1.165, 1.54) is 6.33 Å². The summed E-state index contributed by atoms with van der Waals surface area (Å²) in [5, 5.41) is 17.5. The van der Waals surface area contributed by atoms with E-state index in [0.717, 1.165) is 37.3 Å². The molecule has 1 amide bonds. The normalized spacial score (nSPS) is 21.4. The van der Waals surface area contributed by atoms with Gasteiger partial charge in [0.1, 0.15) is 6.33 Å². The number of benzene rings is 1. The number of carbonyl (C=O) groups is 1. The highest BCUT2D eigenvalue weighted by molar-refractivity contribution is 5.97. The van der Waals surface area contributed by atoms with Gasteiger partial charge in [-0.05, 0) is 41.9 Å². The molecule has 0 radical (unpaired) electrons. The maximum absolute atomic E-state index is 12.7. The van der Waals surface area contributed by atoms with E-state index in [9.17, 15) is 4.79 Å². The van der Waals surface area contributed by atoms with Crippen LogP contribution in [0, 0.1) is 5.41 Å². The highest BCUT2D eigenvalue weighted by Gasteiger charge is 2.39. The third-order valence-corrected chi connectivity index (χ3v) is 4.15. The van der Waals surface area contributed by atoms with E-state index in [2.05, 4.69) is 33.1 Å². The molecule has 0 saturated carbocycles. The summed E-state index contributed by atoms with van der Waals surface area (Å²) in [5.74, 6) is 0.0514. The highest BCUT2D eigenvalue weighted by atomic mass is 16.2. The van der Waals surface area contributed by atoms with Gasteiger partial charge in [0.2, 0.25) is 5.91 Å². The number of tetrazole rings is 1. The van der Waals surface area contributed by atoms with Crippen molar-refractivity contribution in [1.29, 1.82) is 0 Å². The zero-order valence-electron chi connectivity index (χ0n) is 11.9. The van der Waals surface area contributed by atoms with Crippen molar-refractivity contribution in [3.05, 3.63) is 30.6 Å². The molecule has 0 bridgehead atoms. The fourth-order valence-corrected chi connectivity index (χ4v) is 2.71. The predicted molar refractivity (Wildman–Crippen MR) is 78.0 cm³/mol. The number of para-hydroxylation sites is 2. The largest absolute Gasteiger partial charge is 0.324 e. The van der Waals surface area contributed by atoms with Crippen molar-refractivity contribution in [1.82, 2.24) is 25.5 Å². The molecule has 7 heteroatoms. The number of carbonyl (C=O) groups excluding carboxylic acids is 1. The minimum absolute atomic E-state index is 0.0514. The van der Waals surface area contributed by atoms with E-state index >= 15 is 0 Å². The van der Waals surface area contributed by atoms with Crippen LogP contribution in [0.2, 0.25) is 0 Å². The summed E-state index contributed by atoms with van der Waals surface area (Å²) in [6, 6.07) is 7.51. The number of nitrogens with zero attached hydrogens (tertiary/aromatic N) is 4. The third kappa shape index (κ3) is 2.52. The average molecular weight is 286 g/mol. The van der Waals surface area contributed by atoms with Gasteiger partial charge in [-0.25, -0.2) is 0 Å². The Balaban J connectivity index is 1.87. The molecule has 110 valence electrons. The second-order valence-corrected chi connectivity index (χ2v) is 5.29. The first-order valence-corrected chi connectivity index (χ1v) is 7.10. The number of rotatable bonds is 4. The van der Waals surface area contributed by atoms with Crippen LogP contribution in [0.25, 0.3) is 5.69 Å². The van der Waals surface area contributed by atoms with Crippen molar-refractivity contribution in [3.63, 3.8) is 0 Å². The number of anilines is 1. The first kappa shape index (κ1) is 13.7. The number of hydrogen-bond acceptors (Lipinski definition) is 5. The number of hydrogen-bond donors (Lipinski definition) is 2. The molecule has 2 aromatic rings. The molecule has 0 aliphatic carbocycles. The van der Waals surface area contributed by atoms with Gasteiger partial charge in [0, 0.05) is 6.54 Å². The van der Waals surface area contributed by atoms with Crippen molar-refractivity contribution >= 4 is 11.6 Å². The zero-order chi connectivity index (χ0) is 14.7. The number of nitrogens with one attached hydrogen (secondary N) is 2. The smallest absolute Gasteiger partial charge is 0.231 e. The van der Waals surface area contributed by atoms with Crippen LogP contribution in [-0.4, -0.2) is 39.2 Å². The summed E-state index contributed by atoms with van der Waals surface area (Å²) in [4.78, 5) is 12.7. The van der Waals surface area contributed by atoms with Crippen LogP contribution in [0.5, 0.6) is 0 Å². The van der Waals surface area contributed by atoms with Crippen LogP contribution in [0.15, 0.2) is 30.6 Å². The van der Waals surface area contributed by atoms with Crippen LogP contribution in [0.4, 0.5) is 5.69 Å². The first-order valence-electron chi connectivity index (χ1n) is 7.10. The van der Waals surface area contributed by atoms with Gasteiger partial charge in [-0.1, -0.05) is 19.1 Å². The third-order valence-electron chi connectivity index (χ3n) is 4.15. The summed E-state index contributed by atoms with van der Waals surface area (Å²) in [6.07, 6.45) is 3.19. The van der Waals surface area contributed by atoms with E-state index in [4.69, 9.17) is 0 Å². The molecule has 1 aliphatic heterocycles. The van der Waals surface area contributed by atoms with Crippen molar-refractivity contribution < 1.29 is 4.79 Å². The van der Waals surface area contributed by atoms with Gasteiger partial charge in [-0.15, -0.1) is 5.10 Å². The molecule has 1 atom stereocenters. The van der Waals surface area contributed by atoms with Crippen molar-refractivity contribution in [3.8, 4) is 5.69 Å². The topological polar surface area (TPSA) is 84.7 Å². The Morgan fingerprint density at radius 3 is 3.00 bits per heavy atom. The van der Waals surface area contributed by atoms with Crippen molar-refractivity contribution in [2.24, 2.45) is 5.41 Å². The van der Waals surface area contributed by atoms with Crippen LogP contribution >= 0.6 is 0 Å². The quantitative estimate of drug-likeness (QED) is 0.875. The summed E-state index contributed by atoms with van der Waals surface area (Å²) < 4.78 is 1.54. The van der Waals surface area contributed by atoms with Crippen molar-refractivity contribution in [2.75, 3.05) is 18.4 Å². The van der Waals surface area contributed by atoms with E-state index < -0.39 is 0 Å². The van der Waals surface area contributed by atoms with Gasteiger partial charge in [-0.3, -0.25) is 4.79 Å². The van der Waals surface area contributed by atoms with Gasteiger partial charge in [-0.2, -0.15) is 4.68 Å². The minimum Gasteiger partial charge on any atom is -0.324 e. The maximum Gasteiger partial charge on any atom is 0.231 e. The molecule has 1 aromatic carbocycles. The second-order valence-electron chi connectivity index (χ2n) is 5.29. The molecular weight excluding hydrogens is 268 g/mol. The van der Waals surface area contributed by atoms with E-state index in [-0.39, 0.29) is 11.3 Å². The SMILES string of the molecule is CCC1(C(=O)Nc2ccccc2-n2cnnn2)CCNC1. The molecular formula is C14H18N6O. The van der Waals surface area contributed by atoms with Gasteiger partial charge in [0.25, 0.3) is 0 Å². The molecule has 1 aliphatic rings. The van der Waals surface area contributed by atoms with Gasteiger partial charge in [0.15, 0.2) is 0 Å². The Bertz CT molecular complexity index is 618. The highest BCUT2D eigenvalue weighted by Crippen LogP contribution is 2.31. The lowest BCUT2D eigenvalue weighted by atomic mass is 9.83. The molecule has 21 heavy (non-hydrogen) atoms. The summed E-state index contributed by atoms with van der Waals surface area (Å²) in [6.45, 7) is 3.66. The second kappa shape index (κ2) is 5.61. The number of aromatic nitrogens is 4. The van der Waals surface area contributed by atoms with E-state index in [1.54, 1.807) is 4.68 Å². The lowest BCUT2D eigenvalue weighted by Crippen LogP contribution is -2.37. The lowest BCUT2D eigenvalue weighted by Gasteiger charge is -2.25. The molecule has 2 N–H and O–H groups in total. The Kier molecular flexibility index (Phi) is 3.66. The Morgan fingerprint density at radius 1 is 1.48 bits per heavy atom. The fourth-order valence-electron chi connectivity index (χ4n) is 2.71. The summed E-state index contributed by atoms with van der Waals surface area (Å²) in [5.41, 5.74) is 1.15. The van der Waals surface area contributed by atoms with Crippen LogP contribution in [0.3, 0.4) is 0 Å². The van der Waals surface area contributed by atoms with Crippen LogP contribution < -0.4 is 10.6 Å². The molecule has 1 aromatic heterocycles. The molecule has 7 nitrogen and oxygen atoms in total. The minimum atomic E-state index is -0.326. The zero-order valence-corrected chi connectivity index (χ0v) is 11.9. The Hall–Kier alpha value is -2.28. The summed E-state index contributed by atoms with van der Waals surface area (Å²) in [7, 11) is 0. The standard InChI is InChI=1S/C14H18N6O/c1-2-14(7-8-15-9-14)13(21)17-11-5-3-4-6-12(11)20-10-16-18-19-20/h3-6,10,15H,2,7-9H2,1H3,(H,17,21). The molecule has 0 spiro atoms. The molecule has 1 fully saturated rings. The van der Waals surface area contributed by atoms with E-state index in [1.807, 2.05) is 24.3 Å².